The van der Waals surface area contributed by atoms with Crippen molar-refractivity contribution >= 4 is 11.6 Å². The maximum absolute atomic E-state index is 13.5. The van der Waals surface area contributed by atoms with Gasteiger partial charge in [-0.1, -0.05) is 18.2 Å². The fourth-order valence-electron chi connectivity index (χ4n) is 1.55. The first-order valence-corrected chi connectivity index (χ1v) is 5.27. The summed E-state index contributed by atoms with van der Waals surface area (Å²) in [5.41, 5.74) is 6.02. The lowest BCUT2D eigenvalue weighted by atomic mass is 10.1. The molecule has 0 aliphatic heterocycles. The zero-order chi connectivity index (χ0) is 12.3. The molecule has 0 aliphatic rings. The van der Waals surface area contributed by atoms with Crippen molar-refractivity contribution in [3.63, 3.8) is 0 Å². The van der Waals surface area contributed by atoms with Crippen LogP contribution in [-0.4, -0.2) is 10.2 Å². The van der Waals surface area contributed by atoms with Crippen LogP contribution in [0.2, 0.25) is 0 Å². The van der Waals surface area contributed by atoms with Gasteiger partial charge in [-0.25, -0.2) is 4.39 Å². The summed E-state index contributed by atoms with van der Waals surface area (Å²) in [5.74, 6) is 0.681. The first-order valence-electron chi connectivity index (χ1n) is 5.27. The summed E-state index contributed by atoms with van der Waals surface area (Å²) in [6.45, 7) is 1.86. The maximum Gasteiger partial charge on any atom is 0.149 e. The van der Waals surface area contributed by atoms with Crippen molar-refractivity contribution in [3.05, 3.63) is 47.8 Å². The number of nitrogens with two attached hydrogens (primary N) is 1. The second kappa shape index (κ2) is 4.78. The van der Waals surface area contributed by atoms with E-state index in [1.807, 2.05) is 6.92 Å². The molecule has 2 rings (SSSR count). The average molecular weight is 232 g/mol. The Bertz CT molecular complexity index is 498. The van der Waals surface area contributed by atoms with Gasteiger partial charge >= 0.3 is 0 Å². The van der Waals surface area contributed by atoms with Gasteiger partial charge in [0.05, 0.1) is 6.04 Å². The fourth-order valence-corrected chi connectivity index (χ4v) is 1.55. The van der Waals surface area contributed by atoms with Crippen LogP contribution in [0.25, 0.3) is 0 Å². The quantitative estimate of drug-likeness (QED) is 0.852. The van der Waals surface area contributed by atoms with E-state index in [0.717, 1.165) is 0 Å². The molecule has 17 heavy (non-hydrogen) atoms. The van der Waals surface area contributed by atoms with Crippen molar-refractivity contribution in [1.82, 2.24) is 10.2 Å². The lowest BCUT2D eigenvalue weighted by Crippen LogP contribution is -2.10. The molecule has 88 valence electrons. The largest absolute Gasteiger partial charge is 0.382 e. The molecule has 0 saturated carbocycles. The van der Waals surface area contributed by atoms with Crippen LogP contribution in [0.15, 0.2) is 36.4 Å². The molecule has 3 N–H and O–H groups in total. The van der Waals surface area contributed by atoms with Gasteiger partial charge in [-0.2, -0.15) is 0 Å². The summed E-state index contributed by atoms with van der Waals surface area (Å²) in [5, 5.41) is 10.6. The molecular formula is C12H13FN4. The molecule has 1 aromatic heterocycles. The predicted molar refractivity (Wildman–Crippen MR) is 64.9 cm³/mol. The Morgan fingerprint density at radius 1 is 1.18 bits per heavy atom. The molecular weight excluding hydrogens is 219 g/mol. The van der Waals surface area contributed by atoms with Gasteiger partial charge in [0.1, 0.15) is 17.5 Å². The van der Waals surface area contributed by atoms with Crippen LogP contribution in [0.5, 0.6) is 0 Å². The van der Waals surface area contributed by atoms with Gasteiger partial charge in [-0.3, -0.25) is 0 Å². The summed E-state index contributed by atoms with van der Waals surface area (Å²) in [7, 11) is 0. The molecule has 0 aliphatic carbocycles. The van der Waals surface area contributed by atoms with E-state index in [2.05, 4.69) is 15.5 Å². The van der Waals surface area contributed by atoms with Crippen LogP contribution in [0, 0.1) is 5.82 Å². The number of nitrogen functional groups attached to an aromatic ring is 1. The monoisotopic (exact) mass is 232 g/mol. The van der Waals surface area contributed by atoms with Crippen molar-refractivity contribution in [2.45, 2.75) is 13.0 Å². The molecule has 0 fully saturated rings. The number of nitrogens with zero attached hydrogens (tertiary/aromatic N) is 2. The number of hydrogen-bond acceptors (Lipinski definition) is 4. The Morgan fingerprint density at radius 3 is 2.59 bits per heavy atom. The van der Waals surface area contributed by atoms with Crippen molar-refractivity contribution in [1.29, 1.82) is 0 Å². The van der Waals surface area contributed by atoms with Crippen molar-refractivity contribution in [2.75, 3.05) is 11.1 Å². The van der Waals surface area contributed by atoms with Gasteiger partial charge in [0.25, 0.3) is 0 Å². The Kier molecular flexibility index (Phi) is 3.18. The topological polar surface area (TPSA) is 63.8 Å². The number of aromatic nitrogens is 2. The minimum absolute atomic E-state index is 0.186. The number of nitrogens with one attached hydrogen (secondary N) is 1. The molecule has 1 heterocycles. The third-order valence-corrected chi connectivity index (χ3v) is 2.42. The van der Waals surface area contributed by atoms with Crippen molar-refractivity contribution < 1.29 is 4.39 Å². The summed E-state index contributed by atoms with van der Waals surface area (Å²) in [4.78, 5) is 0. The molecule has 0 spiro atoms. The molecule has 0 bridgehead atoms. The van der Waals surface area contributed by atoms with Gasteiger partial charge in [-0.15, -0.1) is 10.2 Å². The van der Waals surface area contributed by atoms with E-state index >= 15 is 0 Å². The number of halogens is 1. The van der Waals surface area contributed by atoms with E-state index in [4.69, 9.17) is 5.73 Å². The van der Waals surface area contributed by atoms with E-state index in [1.165, 1.54) is 6.07 Å². The Labute approximate surface area is 98.7 Å². The third-order valence-electron chi connectivity index (χ3n) is 2.42. The van der Waals surface area contributed by atoms with E-state index in [-0.39, 0.29) is 11.9 Å². The fraction of sp³-hybridized carbons (Fsp3) is 0.167. The number of hydrogen-bond donors (Lipinski definition) is 2. The Hall–Kier alpha value is -2.17. The molecule has 5 heteroatoms. The van der Waals surface area contributed by atoms with Gasteiger partial charge in [0.15, 0.2) is 0 Å². The van der Waals surface area contributed by atoms with Crippen LogP contribution in [0.1, 0.15) is 18.5 Å². The SMILES string of the molecule is CC(Nc1ccc(N)nn1)c1ccccc1F. The second-order valence-corrected chi connectivity index (χ2v) is 3.73. The van der Waals surface area contributed by atoms with Crippen molar-refractivity contribution in [3.8, 4) is 0 Å². The summed E-state index contributed by atoms with van der Waals surface area (Å²) in [6, 6.07) is 9.79. The highest BCUT2D eigenvalue weighted by molar-refractivity contribution is 5.41. The molecule has 4 nitrogen and oxygen atoms in total. The van der Waals surface area contributed by atoms with E-state index in [0.29, 0.717) is 17.2 Å². The Balaban J connectivity index is 2.14. The number of anilines is 2. The Morgan fingerprint density at radius 2 is 1.94 bits per heavy atom. The maximum atomic E-state index is 13.5. The first kappa shape index (κ1) is 11.3. The standard InChI is InChI=1S/C12H13FN4/c1-8(9-4-2-3-5-10(9)13)15-12-7-6-11(14)16-17-12/h2-8H,1H3,(H2,14,16)(H,15,17). The van der Waals surface area contributed by atoms with Gasteiger partial charge in [0, 0.05) is 5.56 Å². The summed E-state index contributed by atoms with van der Waals surface area (Å²) < 4.78 is 13.5. The summed E-state index contributed by atoms with van der Waals surface area (Å²) in [6.07, 6.45) is 0. The highest BCUT2D eigenvalue weighted by atomic mass is 19.1. The molecule has 1 unspecified atom stereocenters. The minimum Gasteiger partial charge on any atom is -0.382 e. The molecule has 0 saturated heterocycles. The lowest BCUT2D eigenvalue weighted by Gasteiger charge is -2.15. The van der Waals surface area contributed by atoms with Crippen LogP contribution in [-0.2, 0) is 0 Å². The lowest BCUT2D eigenvalue weighted by molar-refractivity contribution is 0.600. The number of rotatable bonds is 3. The van der Waals surface area contributed by atoms with E-state index in [1.54, 1.807) is 30.3 Å². The highest BCUT2D eigenvalue weighted by Gasteiger charge is 2.10. The average Bonchev–Trinajstić information content (AvgIpc) is 2.32. The van der Waals surface area contributed by atoms with Crippen LogP contribution in [0.4, 0.5) is 16.0 Å². The van der Waals surface area contributed by atoms with E-state index in [9.17, 15) is 4.39 Å². The second-order valence-electron chi connectivity index (χ2n) is 3.73. The normalized spacial score (nSPS) is 12.1. The van der Waals surface area contributed by atoms with Gasteiger partial charge in [-0.05, 0) is 25.1 Å². The first-order chi connectivity index (χ1) is 8.16. The molecule has 0 radical (unpaired) electrons. The zero-order valence-electron chi connectivity index (χ0n) is 9.39. The highest BCUT2D eigenvalue weighted by Crippen LogP contribution is 2.20. The minimum atomic E-state index is -0.240. The van der Waals surface area contributed by atoms with Gasteiger partial charge < -0.3 is 11.1 Å². The van der Waals surface area contributed by atoms with Gasteiger partial charge in [0.2, 0.25) is 0 Å². The molecule has 0 amide bonds. The molecule has 1 aromatic carbocycles. The molecule has 2 aromatic rings. The van der Waals surface area contributed by atoms with Crippen LogP contribution < -0.4 is 11.1 Å². The van der Waals surface area contributed by atoms with Crippen LogP contribution >= 0.6 is 0 Å². The summed E-state index contributed by atoms with van der Waals surface area (Å²) >= 11 is 0. The predicted octanol–water partition coefficient (Wildman–Crippen LogP) is 2.37. The smallest absolute Gasteiger partial charge is 0.149 e. The number of benzene rings is 1. The van der Waals surface area contributed by atoms with E-state index < -0.39 is 0 Å². The van der Waals surface area contributed by atoms with Crippen LogP contribution in [0.3, 0.4) is 0 Å². The molecule has 1 atom stereocenters. The zero-order valence-corrected chi connectivity index (χ0v) is 9.39. The third kappa shape index (κ3) is 2.69. The van der Waals surface area contributed by atoms with Crippen molar-refractivity contribution in [2.24, 2.45) is 0 Å².